The Bertz CT molecular complexity index is 373. The van der Waals surface area contributed by atoms with Crippen molar-refractivity contribution in [1.82, 2.24) is 10.3 Å². The van der Waals surface area contributed by atoms with Crippen molar-refractivity contribution in [3.63, 3.8) is 0 Å². The summed E-state index contributed by atoms with van der Waals surface area (Å²) in [4.78, 5) is 15.9. The van der Waals surface area contributed by atoms with Gasteiger partial charge >= 0.3 is 0 Å². The number of carbonyl (C=O) groups is 1. The van der Waals surface area contributed by atoms with Crippen LogP contribution in [0.5, 0.6) is 0 Å². The number of hydrogen-bond acceptors (Lipinski definition) is 3. The fraction of sp³-hybridized carbons (Fsp3) is 0.571. The normalized spacial score (nSPS) is 13.1. The molecule has 1 aromatic rings. The topological polar surface area (TPSA) is 62.2 Å². The minimum absolute atomic E-state index is 0.0861. The second kappa shape index (κ2) is 6.50. The smallest absolute Gasteiger partial charge is 0.225 e. The molecule has 18 heavy (non-hydrogen) atoms. The minimum Gasteiger partial charge on any atom is -0.396 e. The van der Waals surface area contributed by atoms with Crippen molar-refractivity contribution in [2.75, 3.05) is 13.2 Å². The molecule has 1 rings (SSSR count). The van der Waals surface area contributed by atoms with Crippen LogP contribution in [0.4, 0.5) is 0 Å². The van der Waals surface area contributed by atoms with Crippen LogP contribution in [-0.2, 0) is 10.2 Å². The first kappa shape index (κ1) is 14.6. The van der Waals surface area contributed by atoms with Crippen LogP contribution in [0.15, 0.2) is 24.5 Å². The molecule has 4 nitrogen and oxygen atoms in total. The SMILES string of the molecule is CCC(CO)C(=O)NCC(C)(C)c1cccnc1. The Morgan fingerprint density at radius 3 is 2.78 bits per heavy atom. The van der Waals surface area contributed by atoms with Gasteiger partial charge in [-0.25, -0.2) is 0 Å². The van der Waals surface area contributed by atoms with E-state index < -0.39 is 0 Å². The zero-order chi connectivity index (χ0) is 13.6. The molecule has 0 aliphatic carbocycles. The Morgan fingerprint density at radius 1 is 1.56 bits per heavy atom. The molecule has 0 saturated carbocycles. The number of hydrogen-bond donors (Lipinski definition) is 2. The molecule has 1 atom stereocenters. The number of amides is 1. The lowest BCUT2D eigenvalue weighted by molar-refractivity contribution is -0.126. The molecule has 0 aliphatic heterocycles. The van der Waals surface area contributed by atoms with Gasteiger partial charge in [0, 0.05) is 24.4 Å². The van der Waals surface area contributed by atoms with Crippen LogP contribution in [0.25, 0.3) is 0 Å². The molecule has 0 spiro atoms. The number of nitrogens with one attached hydrogen (secondary N) is 1. The zero-order valence-electron chi connectivity index (χ0n) is 11.3. The third-order valence-corrected chi connectivity index (χ3v) is 3.23. The van der Waals surface area contributed by atoms with Gasteiger partial charge in [-0.3, -0.25) is 9.78 Å². The second-order valence-electron chi connectivity index (χ2n) is 5.13. The number of aliphatic hydroxyl groups is 1. The van der Waals surface area contributed by atoms with Crippen LogP contribution >= 0.6 is 0 Å². The van der Waals surface area contributed by atoms with E-state index >= 15 is 0 Å². The third-order valence-electron chi connectivity index (χ3n) is 3.23. The maximum atomic E-state index is 11.8. The van der Waals surface area contributed by atoms with Crippen molar-refractivity contribution >= 4 is 5.91 Å². The molecule has 4 heteroatoms. The molecule has 1 amide bonds. The quantitative estimate of drug-likeness (QED) is 0.804. The monoisotopic (exact) mass is 250 g/mol. The van der Waals surface area contributed by atoms with Crippen LogP contribution < -0.4 is 5.32 Å². The Hall–Kier alpha value is -1.42. The van der Waals surface area contributed by atoms with Crippen LogP contribution in [0.3, 0.4) is 0 Å². The van der Waals surface area contributed by atoms with Crippen molar-refractivity contribution in [2.45, 2.75) is 32.6 Å². The summed E-state index contributed by atoms with van der Waals surface area (Å²) in [7, 11) is 0. The van der Waals surface area contributed by atoms with Crippen LogP contribution in [0, 0.1) is 5.92 Å². The minimum atomic E-state index is -0.310. The lowest BCUT2D eigenvalue weighted by Crippen LogP contribution is -2.40. The van der Waals surface area contributed by atoms with E-state index in [0.29, 0.717) is 13.0 Å². The van der Waals surface area contributed by atoms with Crippen LogP contribution in [0.2, 0.25) is 0 Å². The van der Waals surface area contributed by atoms with Gasteiger partial charge in [-0.1, -0.05) is 26.8 Å². The summed E-state index contributed by atoms with van der Waals surface area (Å²) in [6, 6.07) is 3.89. The number of nitrogens with zero attached hydrogens (tertiary/aromatic N) is 1. The van der Waals surface area contributed by atoms with E-state index in [1.807, 2.05) is 25.3 Å². The Kier molecular flexibility index (Phi) is 5.28. The van der Waals surface area contributed by atoms with E-state index in [2.05, 4.69) is 24.1 Å². The first-order valence-electron chi connectivity index (χ1n) is 6.30. The number of aliphatic hydroxyl groups excluding tert-OH is 1. The molecule has 0 fully saturated rings. The molecule has 0 aliphatic rings. The van der Waals surface area contributed by atoms with E-state index in [0.717, 1.165) is 5.56 Å². The lowest BCUT2D eigenvalue weighted by Gasteiger charge is -2.26. The fourth-order valence-electron chi connectivity index (χ4n) is 1.71. The molecule has 0 aromatic carbocycles. The Labute approximate surface area is 108 Å². The van der Waals surface area contributed by atoms with Gasteiger partial charge in [0.1, 0.15) is 0 Å². The highest BCUT2D eigenvalue weighted by molar-refractivity contribution is 5.78. The van der Waals surface area contributed by atoms with Crippen molar-refractivity contribution in [1.29, 1.82) is 0 Å². The van der Waals surface area contributed by atoms with E-state index in [1.165, 1.54) is 0 Å². The van der Waals surface area contributed by atoms with Gasteiger partial charge in [0.05, 0.1) is 12.5 Å². The van der Waals surface area contributed by atoms with Gasteiger partial charge in [-0.05, 0) is 18.1 Å². The summed E-state index contributed by atoms with van der Waals surface area (Å²) in [5.41, 5.74) is 0.917. The molecular formula is C14H22N2O2. The summed E-state index contributed by atoms with van der Waals surface area (Å²) < 4.78 is 0. The van der Waals surface area contributed by atoms with E-state index in [-0.39, 0.29) is 23.8 Å². The largest absolute Gasteiger partial charge is 0.396 e. The highest BCUT2D eigenvalue weighted by atomic mass is 16.3. The van der Waals surface area contributed by atoms with Gasteiger partial charge in [0.25, 0.3) is 0 Å². The zero-order valence-corrected chi connectivity index (χ0v) is 11.3. The molecular weight excluding hydrogens is 228 g/mol. The van der Waals surface area contributed by atoms with Crippen LogP contribution in [0.1, 0.15) is 32.8 Å². The van der Waals surface area contributed by atoms with Gasteiger partial charge in [0.2, 0.25) is 5.91 Å². The predicted molar refractivity (Wildman–Crippen MR) is 71.1 cm³/mol. The van der Waals surface area contributed by atoms with Gasteiger partial charge in [-0.15, -0.1) is 0 Å². The van der Waals surface area contributed by atoms with E-state index in [9.17, 15) is 4.79 Å². The van der Waals surface area contributed by atoms with Crippen molar-refractivity contribution in [3.8, 4) is 0 Å². The summed E-state index contributed by atoms with van der Waals surface area (Å²) >= 11 is 0. The summed E-state index contributed by atoms with van der Waals surface area (Å²) in [5.74, 6) is -0.397. The maximum absolute atomic E-state index is 11.8. The Morgan fingerprint density at radius 2 is 2.28 bits per heavy atom. The number of aromatic nitrogens is 1. The molecule has 100 valence electrons. The molecule has 0 saturated heterocycles. The highest BCUT2D eigenvalue weighted by Gasteiger charge is 2.23. The second-order valence-corrected chi connectivity index (χ2v) is 5.13. The van der Waals surface area contributed by atoms with Crippen molar-refractivity contribution in [2.24, 2.45) is 5.92 Å². The number of pyridine rings is 1. The van der Waals surface area contributed by atoms with E-state index in [4.69, 9.17) is 5.11 Å². The first-order valence-corrected chi connectivity index (χ1v) is 6.30. The van der Waals surface area contributed by atoms with Gasteiger partial charge in [0.15, 0.2) is 0 Å². The number of carbonyl (C=O) groups excluding carboxylic acids is 1. The molecule has 2 N–H and O–H groups in total. The van der Waals surface area contributed by atoms with Crippen molar-refractivity contribution in [3.05, 3.63) is 30.1 Å². The van der Waals surface area contributed by atoms with E-state index in [1.54, 1.807) is 6.20 Å². The summed E-state index contributed by atoms with van der Waals surface area (Å²) in [5, 5.41) is 12.0. The van der Waals surface area contributed by atoms with Gasteiger partial charge < -0.3 is 10.4 Å². The molecule has 1 aromatic heterocycles. The lowest BCUT2D eigenvalue weighted by atomic mass is 9.85. The summed E-state index contributed by atoms with van der Waals surface area (Å²) in [6.45, 7) is 6.45. The Balaban J connectivity index is 2.60. The maximum Gasteiger partial charge on any atom is 0.225 e. The number of rotatable bonds is 6. The average molecular weight is 250 g/mol. The molecule has 0 radical (unpaired) electrons. The highest BCUT2D eigenvalue weighted by Crippen LogP contribution is 2.21. The average Bonchev–Trinajstić information content (AvgIpc) is 2.39. The van der Waals surface area contributed by atoms with Crippen LogP contribution in [-0.4, -0.2) is 29.1 Å². The fourth-order valence-corrected chi connectivity index (χ4v) is 1.71. The molecule has 0 bridgehead atoms. The standard InChI is InChI=1S/C14H22N2O2/c1-4-11(9-17)13(18)16-10-14(2,3)12-6-5-7-15-8-12/h5-8,11,17H,4,9-10H2,1-3H3,(H,16,18). The molecule has 1 heterocycles. The molecule has 1 unspecified atom stereocenters. The third kappa shape index (κ3) is 3.81. The van der Waals surface area contributed by atoms with Gasteiger partial charge in [-0.2, -0.15) is 0 Å². The van der Waals surface area contributed by atoms with Crippen molar-refractivity contribution < 1.29 is 9.90 Å². The first-order chi connectivity index (χ1) is 8.51. The summed E-state index contributed by atoms with van der Waals surface area (Å²) in [6.07, 6.45) is 4.20. The predicted octanol–water partition coefficient (Wildman–Crippen LogP) is 1.49.